The summed E-state index contributed by atoms with van der Waals surface area (Å²) < 4.78 is 10.6. The molecule has 0 bridgehead atoms. The number of aromatic hydroxyl groups is 1. The van der Waals surface area contributed by atoms with E-state index in [1.807, 2.05) is 6.92 Å². The summed E-state index contributed by atoms with van der Waals surface area (Å²) in [5, 5.41) is 10.1. The monoisotopic (exact) mass is 393 g/mol. The Labute approximate surface area is 169 Å². The highest BCUT2D eigenvalue weighted by Gasteiger charge is 2.38. The van der Waals surface area contributed by atoms with Crippen LogP contribution < -0.4 is 9.64 Å². The van der Waals surface area contributed by atoms with Gasteiger partial charge in [0.25, 0.3) is 5.91 Å². The molecule has 6 heteroatoms. The first-order valence-corrected chi connectivity index (χ1v) is 9.43. The van der Waals surface area contributed by atoms with E-state index in [0.717, 1.165) is 0 Å². The number of carbonyl (C=O) groups excluding carboxylic acids is 2. The van der Waals surface area contributed by atoms with E-state index in [4.69, 9.17) is 9.47 Å². The van der Waals surface area contributed by atoms with E-state index in [1.54, 1.807) is 56.3 Å². The number of ether oxygens (including phenoxy) is 2. The average Bonchev–Trinajstić information content (AvgIpc) is 2.95. The highest BCUT2D eigenvalue weighted by atomic mass is 16.5. The number of hydrogen-bond acceptors (Lipinski definition) is 5. The van der Waals surface area contributed by atoms with Crippen molar-refractivity contribution in [2.45, 2.75) is 20.8 Å². The summed E-state index contributed by atoms with van der Waals surface area (Å²) in [5.74, 6) is -0.222. The van der Waals surface area contributed by atoms with Crippen molar-refractivity contribution >= 4 is 23.6 Å². The van der Waals surface area contributed by atoms with Crippen molar-refractivity contribution in [2.24, 2.45) is 0 Å². The number of rotatable bonds is 6. The first-order valence-electron chi connectivity index (χ1n) is 9.43. The van der Waals surface area contributed by atoms with E-state index >= 15 is 0 Å². The fourth-order valence-corrected chi connectivity index (χ4v) is 3.22. The molecule has 0 aromatic heterocycles. The van der Waals surface area contributed by atoms with Gasteiger partial charge in [0.2, 0.25) is 0 Å². The second kappa shape index (κ2) is 8.65. The SMILES string of the molecule is CCOC(=O)C1=C(C)N(c2ccc(OCC)cc2)C(=O)/C1=C\c1ccccc1O. The van der Waals surface area contributed by atoms with E-state index in [-0.39, 0.29) is 29.4 Å². The number of phenolic OH excluding ortho intramolecular Hbond substituents is 1. The third-order valence-electron chi connectivity index (χ3n) is 4.52. The maximum atomic E-state index is 13.3. The van der Waals surface area contributed by atoms with Gasteiger partial charge in [-0.15, -0.1) is 0 Å². The Morgan fingerprint density at radius 3 is 2.38 bits per heavy atom. The Morgan fingerprint density at radius 2 is 1.76 bits per heavy atom. The summed E-state index contributed by atoms with van der Waals surface area (Å²) in [6.45, 7) is 6.04. The smallest absolute Gasteiger partial charge is 0.340 e. The van der Waals surface area contributed by atoms with Crippen molar-refractivity contribution in [1.82, 2.24) is 0 Å². The predicted molar refractivity (Wildman–Crippen MR) is 111 cm³/mol. The van der Waals surface area contributed by atoms with Crippen molar-refractivity contribution in [3.63, 3.8) is 0 Å². The molecule has 0 radical (unpaired) electrons. The van der Waals surface area contributed by atoms with Gasteiger partial charge in [0.05, 0.1) is 24.4 Å². The number of para-hydroxylation sites is 1. The molecule has 2 aromatic rings. The van der Waals surface area contributed by atoms with Gasteiger partial charge in [0.15, 0.2) is 0 Å². The standard InChI is InChI=1S/C23H23NO5/c1-4-28-18-12-10-17(11-13-18)24-15(3)21(23(27)29-5-2)19(22(24)26)14-16-8-6-7-9-20(16)25/h6-14,25H,4-5H2,1-3H3/b19-14-. The molecule has 3 rings (SSSR count). The minimum atomic E-state index is -0.576. The molecule has 29 heavy (non-hydrogen) atoms. The Bertz CT molecular complexity index is 989. The van der Waals surface area contributed by atoms with E-state index in [1.165, 1.54) is 17.0 Å². The van der Waals surface area contributed by atoms with Gasteiger partial charge in [-0.2, -0.15) is 0 Å². The van der Waals surface area contributed by atoms with E-state index in [2.05, 4.69) is 0 Å². The summed E-state index contributed by atoms with van der Waals surface area (Å²) in [6, 6.07) is 13.7. The van der Waals surface area contributed by atoms with Gasteiger partial charge in [-0.3, -0.25) is 9.69 Å². The molecule has 0 saturated heterocycles. The molecule has 0 aliphatic carbocycles. The van der Waals surface area contributed by atoms with Crippen LogP contribution in [0.3, 0.4) is 0 Å². The predicted octanol–water partition coefficient (Wildman–Crippen LogP) is 4.06. The maximum Gasteiger partial charge on any atom is 0.340 e. The lowest BCUT2D eigenvalue weighted by molar-refractivity contribution is -0.138. The molecule has 1 N–H and O–H groups in total. The zero-order chi connectivity index (χ0) is 21.0. The third kappa shape index (κ3) is 4.01. The molecule has 0 unspecified atom stereocenters. The van der Waals surface area contributed by atoms with E-state index < -0.39 is 5.97 Å². The Balaban J connectivity index is 2.08. The van der Waals surface area contributed by atoms with Crippen LogP contribution in [0, 0.1) is 0 Å². The summed E-state index contributed by atoms with van der Waals surface area (Å²) in [7, 11) is 0. The second-order valence-electron chi connectivity index (χ2n) is 6.37. The fourth-order valence-electron chi connectivity index (χ4n) is 3.22. The molecule has 150 valence electrons. The molecule has 0 spiro atoms. The Hall–Kier alpha value is -3.54. The van der Waals surface area contributed by atoms with Crippen LogP contribution in [0.2, 0.25) is 0 Å². The molecule has 0 saturated carbocycles. The van der Waals surface area contributed by atoms with Crippen molar-refractivity contribution in [3.8, 4) is 11.5 Å². The van der Waals surface area contributed by atoms with Gasteiger partial charge >= 0.3 is 5.97 Å². The van der Waals surface area contributed by atoms with Crippen LogP contribution in [0.4, 0.5) is 5.69 Å². The molecule has 1 aliphatic rings. The largest absolute Gasteiger partial charge is 0.507 e. The zero-order valence-electron chi connectivity index (χ0n) is 16.6. The van der Waals surface area contributed by atoms with Gasteiger partial charge in [-0.25, -0.2) is 4.79 Å². The molecule has 6 nitrogen and oxygen atoms in total. The second-order valence-corrected chi connectivity index (χ2v) is 6.37. The van der Waals surface area contributed by atoms with Crippen LogP contribution in [-0.4, -0.2) is 30.2 Å². The van der Waals surface area contributed by atoms with Crippen LogP contribution in [0.15, 0.2) is 65.4 Å². The van der Waals surface area contributed by atoms with Crippen LogP contribution >= 0.6 is 0 Å². The number of phenols is 1. The zero-order valence-corrected chi connectivity index (χ0v) is 16.6. The van der Waals surface area contributed by atoms with Crippen LogP contribution in [0.25, 0.3) is 6.08 Å². The van der Waals surface area contributed by atoms with Gasteiger partial charge in [0, 0.05) is 16.9 Å². The van der Waals surface area contributed by atoms with Crippen LogP contribution in [-0.2, 0) is 14.3 Å². The number of anilines is 1. The molecular weight excluding hydrogens is 370 g/mol. The number of benzene rings is 2. The summed E-state index contributed by atoms with van der Waals surface area (Å²) in [4.78, 5) is 27.3. The quantitative estimate of drug-likeness (QED) is 0.592. The molecule has 2 aromatic carbocycles. The van der Waals surface area contributed by atoms with Gasteiger partial charge in [0.1, 0.15) is 11.5 Å². The highest BCUT2D eigenvalue weighted by molar-refractivity contribution is 6.23. The number of esters is 1. The molecule has 0 atom stereocenters. The lowest BCUT2D eigenvalue weighted by Gasteiger charge is -2.18. The number of carbonyl (C=O) groups is 2. The minimum absolute atomic E-state index is 0.0215. The lowest BCUT2D eigenvalue weighted by atomic mass is 10.0. The molecule has 1 heterocycles. The summed E-state index contributed by atoms with van der Waals surface area (Å²) in [6.07, 6.45) is 1.52. The van der Waals surface area contributed by atoms with Crippen molar-refractivity contribution in [3.05, 3.63) is 70.9 Å². The van der Waals surface area contributed by atoms with Crippen molar-refractivity contribution in [1.29, 1.82) is 0 Å². The van der Waals surface area contributed by atoms with E-state index in [0.29, 0.717) is 29.3 Å². The van der Waals surface area contributed by atoms with Crippen molar-refractivity contribution in [2.75, 3.05) is 18.1 Å². The number of nitrogens with zero attached hydrogens (tertiary/aromatic N) is 1. The van der Waals surface area contributed by atoms with Gasteiger partial charge in [-0.1, -0.05) is 18.2 Å². The topological polar surface area (TPSA) is 76.1 Å². The molecule has 1 amide bonds. The average molecular weight is 393 g/mol. The third-order valence-corrected chi connectivity index (χ3v) is 4.52. The number of hydrogen-bond donors (Lipinski definition) is 1. The first kappa shape index (κ1) is 20.2. The van der Waals surface area contributed by atoms with Gasteiger partial charge < -0.3 is 14.6 Å². The fraction of sp³-hybridized carbons (Fsp3) is 0.217. The van der Waals surface area contributed by atoms with Gasteiger partial charge in [-0.05, 0) is 57.2 Å². The Kier molecular flexibility index (Phi) is 6.02. The summed E-state index contributed by atoms with van der Waals surface area (Å²) >= 11 is 0. The highest BCUT2D eigenvalue weighted by Crippen LogP contribution is 2.36. The van der Waals surface area contributed by atoms with Crippen LogP contribution in [0.5, 0.6) is 11.5 Å². The number of allylic oxidation sites excluding steroid dienone is 1. The van der Waals surface area contributed by atoms with Crippen LogP contribution in [0.1, 0.15) is 26.3 Å². The normalized spacial score (nSPS) is 15.2. The lowest BCUT2D eigenvalue weighted by Crippen LogP contribution is -2.24. The number of amides is 1. The Morgan fingerprint density at radius 1 is 1.07 bits per heavy atom. The molecular formula is C23H23NO5. The summed E-state index contributed by atoms with van der Waals surface area (Å²) in [5.41, 5.74) is 1.89. The maximum absolute atomic E-state index is 13.3. The molecule has 1 aliphatic heterocycles. The molecule has 0 fully saturated rings. The van der Waals surface area contributed by atoms with Crippen molar-refractivity contribution < 1.29 is 24.2 Å². The first-order chi connectivity index (χ1) is 14.0. The van der Waals surface area contributed by atoms with E-state index in [9.17, 15) is 14.7 Å². The minimum Gasteiger partial charge on any atom is -0.507 e.